The molecule has 0 amide bonds. The average Bonchev–Trinajstić information content (AvgIpc) is 3.39. The minimum absolute atomic E-state index is 0.0126. The molecule has 2 aliphatic heterocycles. The summed E-state index contributed by atoms with van der Waals surface area (Å²) < 4.78 is 44.7. The maximum Gasteiger partial charge on any atom is 0.528 e. The van der Waals surface area contributed by atoms with E-state index < -0.39 is 27.4 Å². The van der Waals surface area contributed by atoms with Crippen LogP contribution in [0, 0.1) is 11.7 Å². The second kappa shape index (κ2) is 9.01. The van der Waals surface area contributed by atoms with E-state index in [0.29, 0.717) is 29.9 Å². The normalized spacial score (nSPS) is 20.5. The van der Waals surface area contributed by atoms with Crippen molar-refractivity contribution in [3.63, 3.8) is 0 Å². The molecule has 2 atom stereocenters. The quantitative estimate of drug-likeness (QED) is 0.370. The molecule has 2 aromatic carbocycles. The van der Waals surface area contributed by atoms with E-state index in [0.717, 1.165) is 30.8 Å². The first-order chi connectivity index (χ1) is 17.0. The van der Waals surface area contributed by atoms with E-state index >= 15 is 0 Å². The molecule has 0 bridgehead atoms. The van der Waals surface area contributed by atoms with Crippen LogP contribution in [0.15, 0.2) is 64.5 Å². The number of fused-ring (bicyclic) bond motifs is 2. The summed E-state index contributed by atoms with van der Waals surface area (Å²) in [5.74, 6) is -0.179. The maximum atomic E-state index is 13.3. The molecule has 2 aliphatic rings. The van der Waals surface area contributed by atoms with E-state index in [1.54, 1.807) is 31.9 Å². The molecule has 8 nitrogen and oxygen atoms in total. The lowest BCUT2D eigenvalue weighted by molar-refractivity contribution is -0.149. The number of ether oxygens (including phenoxy) is 1. The molecule has 36 heavy (non-hydrogen) atoms. The largest absolute Gasteiger partial charge is 0.528 e. The monoisotopic (exact) mass is 513 g/mol. The number of benzene rings is 2. The van der Waals surface area contributed by atoms with Gasteiger partial charge in [0.05, 0.1) is 27.0 Å². The SMILES string of the molecule is CC(C)(C)OC(=O)ON1CCC2CN(c3cccc4cc(S(=O)(=O)c5ccc(F)cc5)cnc34)CC21. The summed E-state index contributed by atoms with van der Waals surface area (Å²) in [6.45, 7) is 7.45. The Morgan fingerprint density at radius 3 is 2.56 bits per heavy atom. The molecule has 0 spiro atoms. The van der Waals surface area contributed by atoms with Crippen LogP contribution in [-0.4, -0.2) is 55.9 Å². The number of carbonyl (C=O) groups excluding carboxylic acids is 1. The second-order valence-corrected chi connectivity index (χ2v) is 12.1. The number of hydroxylamine groups is 2. The van der Waals surface area contributed by atoms with Gasteiger partial charge in [0, 0.05) is 31.2 Å². The molecule has 2 unspecified atom stereocenters. The summed E-state index contributed by atoms with van der Waals surface area (Å²) in [6, 6.07) is 12.0. The van der Waals surface area contributed by atoms with Gasteiger partial charge in [-0.2, -0.15) is 0 Å². The minimum Gasteiger partial charge on any atom is -0.427 e. The number of pyridine rings is 1. The van der Waals surface area contributed by atoms with Gasteiger partial charge in [-0.25, -0.2) is 17.6 Å². The van der Waals surface area contributed by atoms with Crippen molar-refractivity contribution in [3.8, 4) is 0 Å². The smallest absolute Gasteiger partial charge is 0.427 e. The standard InChI is InChI=1S/C26H28FN3O5S/c1-26(2,3)34-25(31)35-30-12-11-18-15-29(16-23(18)30)22-6-4-5-17-13-21(14-28-24(17)22)36(32,33)20-9-7-19(27)8-10-20/h4-10,13-14,18,23H,11-12,15-16H2,1-3H3. The van der Waals surface area contributed by atoms with Gasteiger partial charge in [0.2, 0.25) is 9.84 Å². The molecule has 3 heterocycles. The van der Waals surface area contributed by atoms with E-state index in [9.17, 15) is 17.6 Å². The van der Waals surface area contributed by atoms with E-state index in [-0.39, 0.29) is 15.8 Å². The van der Waals surface area contributed by atoms with Crippen molar-refractivity contribution < 1.29 is 27.2 Å². The van der Waals surface area contributed by atoms with Crippen molar-refractivity contribution in [1.29, 1.82) is 0 Å². The Balaban J connectivity index is 1.37. The summed E-state index contributed by atoms with van der Waals surface area (Å²) in [5.41, 5.74) is 0.954. The van der Waals surface area contributed by atoms with Gasteiger partial charge < -0.3 is 14.5 Å². The molecular formula is C26H28FN3O5S. The van der Waals surface area contributed by atoms with Crippen LogP contribution >= 0.6 is 0 Å². The van der Waals surface area contributed by atoms with Gasteiger partial charge in [0.1, 0.15) is 11.4 Å². The van der Waals surface area contributed by atoms with Crippen molar-refractivity contribution in [2.75, 3.05) is 24.5 Å². The third kappa shape index (κ3) is 4.75. The Morgan fingerprint density at radius 2 is 1.83 bits per heavy atom. The van der Waals surface area contributed by atoms with Gasteiger partial charge in [-0.1, -0.05) is 12.1 Å². The molecule has 5 rings (SSSR count). The molecule has 2 saturated heterocycles. The zero-order valence-corrected chi connectivity index (χ0v) is 21.2. The average molecular weight is 514 g/mol. The van der Waals surface area contributed by atoms with Crippen molar-refractivity contribution >= 4 is 32.6 Å². The summed E-state index contributed by atoms with van der Waals surface area (Å²) in [6.07, 6.45) is 1.53. The Hall–Kier alpha value is -3.24. The predicted molar refractivity (Wildman–Crippen MR) is 132 cm³/mol. The van der Waals surface area contributed by atoms with Crippen LogP contribution in [0.2, 0.25) is 0 Å². The molecule has 190 valence electrons. The van der Waals surface area contributed by atoms with E-state index in [2.05, 4.69) is 9.88 Å². The fraction of sp³-hybridized carbons (Fsp3) is 0.385. The van der Waals surface area contributed by atoms with Gasteiger partial charge in [-0.05, 0) is 69.5 Å². The molecule has 3 aromatic rings. The van der Waals surface area contributed by atoms with Crippen LogP contribution in [0.3, 0.4) is 0 Å². The highest BCUT2D eigenvalue weighted by Crippen LogP contribution is 2.37. The van der Waals surface area contributed by atoms with Crippen LogP contribution in [0.5, 0.6) is 0 Å². The van der Waals surface area contributed by atoms with Crippen molar-refractivity contribution in [1.82, 2.24) is 10.0 Å². The number of hydrogen-bond donors (Lipinski definition) is 0. The van der Waals surface area contributed by atoms with Gasteiger partial charge in [0.25, 0.3) is 0 Å². The highest BCUT2D eigenvalue weighted by molar-refractivity contribution is 7.91. The zero-order chi connectivity index (χ0) is 25.7. The van der Waals surface area contributed by atoms with E-state index in [4.69, 9.17) is 9.57 Å². The topological polar surface area (TPSA) is 89.0 Å². The first kappa shape index (κ1) is 24.5. The lowest BCUT2D eigenvalue weighted by Gasteiger charge is -2.26. The van der Waals surface area contributed by atoms with Crippen LogP contribution < -0.4 is 4.90 Å². The van der Waals surface area contributed by atoms with Gasteiger partial charge >= 0.3 is 6.16 Å². The first-order valence-electron chi connectivity index (χ1n) is 11.8. The second-order valence-electron chi connectivity index (χ2n) is 10.2. The number of halogens is 1. The molecule has 0 N–H and O–H groups in total. The number of para-hydroxylation sites is 1. The van der Waals surface area contributed by atoms with Gasteiger partial charge in [-0.3, -0.25) is 4.98 Å². The maximum absolute atomic E-state index is 13.3. The highest BCUT2D eigenvalue weighted by atomic mass is 32.2. The predicted octanol–water partition coefficient (Wildman–Crippen LogP) is 4.58. The Labute approximate surface area is 209 Å². The number of aromatic nitrogens is 1. The fourth-order valence-electron chi connectivity index (χ4n) is 4.87. The molecule has 10 heteroatoms. The Morgan fingerprint density at radius 1 is 1.08 bits per heavy atom. The Bertz CT molecular complexity index is 1410. The molecule has 2 fully saturated rings. The highest BCUT2D eigenvalue weighted by Gasteiger charge is 2.44. The van der Waals surface area contributed by atoms with Crippen molar-refractivity contribution in [2.24, 2.45) is 5.92 Å². The zero-order valence-electron chi connectivity index (χ0n) is 20.3. The van der Waals surface area contributed by atoms with Gasteiger partial charge in [-0.15, -0.1) is 5.06 Å². The van der Waals surface area contributed by atoms with E-state index in [1.165, 1.54) is 18.3 Å². The van der Waals surface area contributed by atoms with Crippen LogP contribution in [0.4, 0.5) is 14.9 Å². The number of nitrogens with zero attached hydrogens (tertiary/aromatic N) is 3. The third-order valence-corrected chi connectivity index (χ3v) is 8.25. The lowest BCUT2D eigenvalue weighted by Crippen LogP contribution is -2.38. The minimum atomic E-state index is -3.83. The van der Waals surface area contributed by atoms with Crippen molar-refractivity contribution in [2.45, 2.75) is 48.6 Å². The van der Waals surface area contributed by atoms with Gasteiger partial charge in [0.15, 0.2) is 0 Å². The Kier molecular flexibility index (Phi) is 6.12. The third-order valence-electron chi connectivity index (χ3n) is 6.52. The fourth-order valence-corrected chi connectivity index (χ4v) is 6.11. The summed E-state index contributed by atoms with van der Waals surface area (Å²) in [7, 11) is -3.83. The summed E-state index contributed by atoms with van der Waals surface area (Å²) >= 11 is 0. The molecule has 0 radical (unpaired) electrons. The summed E-state index contributed by atoms with van der Waals surface area (Å²) in [4.78, 5) is 24.5. The number of hydrogen-bond acceptors (Lipinski definition) is 8. The van der Waals surface area contributed by atoms with E-state index in [1.807, 2.05) is 18.2 Å². The first-order valence-corrected chi connectivity index (χ1v) is 13.3. The molecular weight excluding hydrogens is 485 g/mol. The van der Waals surface area contributed by atoms with Crippen LogP contribution in [0.1, 0.15) is 27.2 Å². The van der Waals surface area contributed by atoms with Crippen molar-refractivity contribution in [3.05, 3.63) is 60.5 Å². The number of sulfone groups is 1. The number of carbonyl (C=O) groups is 1. The molecule has 1 aromatic heterocycles. The summed E-state index contributed by atoms with van der Waals surface area (Å²) in [5, 5.41) is 2.40. The van der Waals surface area contributed by atoms with Crippen LogP contribution in [0.25, 0.3) is 10.9 Å². The lowest BCUT2D eigenvalue weighted by atomic mass is 10.1. The number of rotatable bonds is 4. The molecule has 0 aliphatic carbocycles. The number of anilines is 1. The van der Waals surface area contributed by atoms with Crippen LogP contribution in [-0.2, 0) is 19.4 Å². The molecule has 0 saturated carbocycles.